The molecule has 1 aliphatic rings. The second-order valence-electron chi connectivity index (χ2n) is 5.72. The van der Waals surface area contributed by atoms with E-state index in [2.05, 4.69) is 5.10 Å². The number of pyridine rings is 1. The number of amides is 1. The van der Waals surface area contributed by atoms with Gasteiger partial charge in [-0.25, -0.2) is 13.9 Å². The Morgan fingerprint density at radius 2 is 2.08 bits per heavy atom. The maximum atomic E-state index is 13.5. The van der Waals surface area contributed by atoms with Crippen LogP contribution in [0.4, 0.5) is 10.1 Å². The van der Waals surface area contributed by atoms with Gasteiger partial charge in [-0.2, -0.15) is 5.10 Å². The third-order valence-corrected chi connectivity index (χ3v) is 4.45. The number of carbonyl (C=O) groups excluding carboxylic acids is 1. The number of halogens is 2. The lowest BCUT2D eigenvalue weighted by molar-refractivity contribution is 0.0732. The number of aromatic nitrogens is 2. The molecule has 0 unspecified atom stereocenters. The number of hydrazine groups is 1. The van der Waals surface area contributed by atoms with Crippen molar-refractivity contribution >= 4 is 28.7 Å². The summed E-state index contributed by atoms with van der Waals surface area (Å²) in [4.78, 5) is 12.8. The van der Waals surface area contributed by atoms with Gasteiger partial charge >= 0.3 is 0 Å². The molecule has 5 nitrogen and oxygen atoms in total. The Labute approximate surface area is 142 Å². The van der Waals surface area contributed by atoms with Crippen LogP contribution in [-0.4, -0.2) is 34.1 Å². The van der Waals surface area contributed by atoms with E-state index in [0.717, 1.165) is 11.1 Å². The first-order chi connectivity index (χ1) is 11.5. The molecule has 1 amide bonds. The van der Waals surface area contributed by atoms with Crippen molar-refractivity contribution in [2.24, 2.45) is 0 Å². The number of fused-ring (bicyclic) bond motifs is 2. The molecule has 3 aromatic rings. The van der Waals surface area contributed by atoms with Crippen molar-refractivity contribution in [1.29, 1.82) is 0 Å². The summed E-state index contributed by atoms with van der Waals surface area (Å²) in [6.07, 6.45) is 2.32. The molecule has 0 saturated heterocycles. The number of nitrogens with zero attached hydrogens (tertiary/aromatic N) is 4. The van der Waals surface area contributed by atoms with Crippen LogP contribution in [0.3, 0.4) is 0 Å². The molecule has 0 N–H and O–H groups in total. The van der Waals surface area contributed by atoms with Crippen molar-refractivity contribution in [2.45, 2.75) is 6.42 Å². The van der Waals surface area contributed by atoms with E-state index in [9.17, 15) is 9.18 Å². The molecule has 24 heavy (non-hydrogen) atoms. The lowest BCUT2D eigenvalue weighted by Gasteiger charge is -2.38. The van der Waals surface area contributed by atoms with Crippen LogP contribution in [-0.2, 0) is 6.42 Å². The van der Waals surface area contributed by atoms with Crippen molar-refractivity contribution in [2.75, 3.05) is 18.6 Å². The van der Waals surface area contributed by atoms with Crippen LogP contribution < -0.4 is 5.01 Å². The summed E-state index contributed by atoms with van der Waals surface area (Å²) < 4.78 is 15.1. The van der Waals surface area contributed by atoms with E-state index in [1.165, 1.54) is 12.1 Å². The summed E-state index contributed by atoms with van der Waals surface area (Å²) in [6.45, 7) is 0.516. The quantitative estimate of drug-likeness (QED) is 0.681. The van der Waals surface area contributed by atoms with E-state index in [1.54, 1.807) is 52.0 Å². The minimum Gasteiger partial charge on any atom is -0.285 e. The monoisotopic (exact) mass is 344 g/mol. The highest BCUT2D eigenvalue weighted by molar-refractivity contribution is 6.30. The van der Waals surface area contributed by atoms with Gasteiger partial charge in [-0.05, 0) is 42.3 Å². The van der Waals surface area contributed by atoms with Gasteiger partial charge in [0.25, 0.3) is 5.91 Å². The van der Waals surface area contributed by atoms with Crippen LogP contribution >= 0.6 is 11.6 Å². The van der Waals surface area contributed by atoms with Crippen LogP contribution in [0.5, 0.6) is 0 Å². The largest absolute Gasteiger partial charge is 0.292 e. The van der Waals surface area contributed by atoms with Crippen LogP contribution in [0.25, 0.3) is 5.52 Å². The third kappa shape index (κ3) is 2.39. The number of hydrogen-bond acceptors (Lipinski definition) is 3. The SMILES string of the molecule is CN1c2cc(F)ccc2CCN1C(=O)c1cc2ccc(Cl)cn2n1. The topological polar surface area (TPSA) is 40.9 Å². The molecule has 7 heteroatoms. The average Bonchev–Trinajstić information content (AvgIpc) is 2.98. The summed E-state index contributed by atoms with van der Waals surface area (Å²) >= 11 is 5.95. The molecule has 0 atom stereocenters. The highest BCUT2D eigenvalue weighted by atomic mass is 35.5. The molecule has 122 valence electrons. The van der Waals surface area contributed by atoms with Gasteiger partial charge in [0.1, 0.15) is 5.82 Å². The number of benzene rings is 1. The Bertz CT molecular complexity index is 955. The Balaban J connectivity index is 1.68. The average molecular weight is 345 g/mol. The Hall–Kier alpha value is -2.60. The molecule has 0 spiro atoms. The maximum absolute atomic E-state index is 13.5. The van der Waals surface area contributed by atoms with Gasteiger partial charge in [-0.1, -0.05) is 17.7 Å². The van der Waals surface area contributed by atoms with Crippen LogP contribution in [0.1, 0.15) is 16.1 Å². The Morgan fingerprint density at radius 3 is 2.92 bits per heavy atom. The molecule has 0 saturated carbocycles. The number of anilines is 1. The first-order valence-corrected chi connectivity index (χ1v) is 7.89. The van der Waals surface area contributed by atoms with Crippen molar-refractivity contribution in [3.63, 3.8) is 0 Å². The summed E-state index contributed by atoms with van der Waals surface area (Å²) in [7, 11) is 1.75. The van der Waals surface area contributed by atoms with Gasteiger partial charge in [0.15, 0.2) is 5.69 Å². The van der Waals surface area contributed by atoms with E-state index in [-0.39, 0.29) is 11.7 Å². The second-order valence-corrected chi connectivity index (χ2v) is 6.16. The van der Waals surface area contributed by atoms with Crippen LogP contribution in [0.15, 0.2) is 42.6 Å². The predicted octanol–water partition coefficient (Wildman–Crippen LogP) is 3.18. The Kier molecular flexibility index (Phi) is 3.42. The molecule has 0 aliphatic carbocycles. The highest BCUT2D eigenvalue weighted by Gasteiger charge is 2.28. The number of hydrogen-bond donors (Lipinski definition) is 0. The van der Waals surface area contributed by atoms with Gasteiger partial charge in [0.2, 0.25) is 0 Å². The zero-order valence-electron chi connectivity index (χ0n) is 12.9. The molecule has 1 aromatic carbocycles. The van der Waals surface area contributed by atoms with Crippen molar-refractivity contribution in [3.05, 3.63) is 64.7 Å². The molecule has 2 aromatic heterocycles. The van der Waals surface area contributed by atoms with Crippen LogP contribution in [0.2, 0.25) is 5.02 Å². The van der Waals surface area contributed by atoms with Gasteiger partial charge in [-0.15, -0.1) is 0 Å². The van der Waals surface area contributed by atoms with E-state index < -0.39 is 0 Å². The first kappa shape index (κ1) is 15.0. The number of rotatable bonds is 1. The number of carbonyl (C=O) groups is 1. The van der Waals surface area contributed by atoms with Gasteiger partial charge < -0.3 is 0 Å². The van der Waals surface area contributed by atoms with E-state index in [0.29, 0.717) is 29.4 Å². The normalized spacial score (nSPS) is 14.1. The fraction of sp³-hybridized carbons (Fsp3) is 0.176. The molecule has 0 radical (unpaired) electrons. The third-order valence-electron chi connectivity index (χ3n) is 4.23. The van der Waals surface area contributed by atoms with E-state index >= 15 is 0 Å². The molecular formula is C17H14ClFN4O. The molecular weight excluding hydrogens is 331 g/mol. The summed E-state index contributed by atoms with van der Waals surface area (Å²) in [5, 5.41) is 8.10. The minimum atomic E-state index is -0.322. The van der Waals surface area contributed by atoms with Gasteiger partial charge in [0, 0.05) is 19.8 Å². The van der Waals surface area contributed by atoms with Gasteiger partial charge in [0.05, 0.1) is 16.2 Å². The molecule has 4 rings (SSSR count). The lowest BCUT2D eigenvalue weighted by Crippen LogP contribution is -2.48. The van der Waals surface area contributed by atoms with Crippen molar-refractivity contribution in [3.8, 4) is 0 Å². The molecule has 3 heterocycles. The maximum Gasteiger partial charge on any atom is 0.292 e. The second kappa shape index (κ2) is 5.49. The summed E-state index contributed by atoms with van der Waals surface area (Å²) in [5.74, 6) is -0.551. The first-order valence-electron chi connectivity index (χ1n) is 7.52. The van der Waals surface area contributed by atoms with Gasteiger partial charge in [-0.3, -0.25) is 9.80 Å². The van der Waals surface area contributed by atoms with E-state index in [1.807, 2.05) is 0 Å². The highest BCUT2D eigenvalue weighted by Crippen LogP contribution is 2.28. The Morgan fingerprint density at radius 1 is 1.25 bits per heavy atom. The smallest absolute Gasteiger partial charge is 0.285 e. The van der Waals surface area contributed by atoms with Crippen molar-refractivity contribution in [1.82, 2.24) is 14.6 Å². The summed E-state index contributed by atoms with van der Waals surface area (Å²) in [5.41, 5.74) is 2.82. The van der Waals surface area contributed by atoms with E-state index in [4.69, 9.17) is 11.6 Å². The zero-order valence-corrected chi connectivity index (χ0v) is 13.7. The minimum absolute atomic E-state index is 0.229. The standard InChI is InChI=1S/C17H14ClFN4O/c1-21-16-8-13(19)4-2-11(16)6-7-23(21)17(24)15-9-14-5-3-12(18)10-22(14)20-15/h2-5,8-10H,6-7H2,1H3. The molecule has 1 aliphatic heterocycles. The fourth-order valence-corrected chi connectivity index (χ4v) is 3.15. The zero-order chi connectivity index (χ0) is 16.8. The lowest BCUT2D eigenvalue weighted by atomic mass is 10.1. The molecule has 0 bridgehead atoms. The van der Waals surface area contributed by atoms with Crippen molar-refractivity contribution < 1.29 is 9.18 Å². The van der Waals surface area contributed by atoms with Crippen LogP contribution in [0, 0.1) is 5.82 Å². The predicted molar refractivity (Wildman–Crippen MR) is 89.7 cm³/mol. The summed E-state index contributed by atoms with van der Waals surface area (Å²) in [6, 6.07) is 9.91. The fourth-order valence-electron chi connectivity index (χ4n) is 2.99. The molecule has 0 fully saturated rings.